The molecular formula is C14H17ClFNO2. The van der Waals surface area contributed by atoms with E-state index in [1.807, 2.05) is 13.8 Å². The average molecular weight is 286 g/mol. The van der Waals surface area contributed by atoms with Crippen molar-refractivity contribution in [3.8, 4) is 0 Å². The SMILES string of the molecule is COCc1c(CNC(C)C)oc2c(Cl)cc(F)cc12. The van der Waals surface area contributed by atoms with Crippen LogP contribution in [-0.2, 0) is 17.9 Å². The summed E-state index contributed by atoms with van der Waals surface area (Å²) in [4.78, 5) is 0. The molecule has 5 heteroatoms. The zero-order valence-electron chi connectivity index (χ0n) is 11.2. The number of hydrogen-bond donors (Lipinski definition) is 1. The lowest BCUT2D eigenvalue weighted by Gasteiger charge is -2.07. The Balaban J connectivity index is 2.50. The summed E-state index contributed by atoms with van der Waals surface area (Å²) in [5, 5.41) is 4.22. The van der Waals surface area contributed by atoms with Gasteiger partial charge in [-0.1, -0.05) is 25.4 Å². The van der Waals surface area contributed by atoms with Crippen LogP contribution >= 0.6 is 11.6 Å². The van der Waals surface area contributed by atoms with Crippen molar-refractivity contribution in [2.75, 3.05) is 7.11 Å². The average Bonchev–Trinajstić information content (AvgIpc) is 2.66. The summed E-state index contributed by atoms with van der Waals surface area (Å²) in [7, 11) is 1.60. The van der Waals surface area contributed by atoms with Gasteiger partial charge in [-0.05, 0) is 12.1 Å². The van der Waals surface area contributed by atoms with Crippen molar-refractivity contribution in [1.29, 1.82) is 0 Å². The Hall–Kier alpha value is -1.10. The third-order valence-corrected chi connectivity index (χ3v) is 3.14. The molecule has 1 heterocycles. The minimum absolute atomic E-state index is 0.281. The highest BCUT2D eigenvalue weighted by atomic mass is 35.5. The van der Waals surface area contributed by atoms with E-state index >= 15 is 0 Å². The van der Waals surface area contributed by atoms with Gasteiger partial charge in [0.1, 0.15) is 11.6 Å². The number of fused-ring (bicyclic) bond motifs is 1. The molecule has 0 aliphatic heterocycles. The van der Waals surface area contributed by atoms with Crippen LogP contribution in [0.5, 0.6) is 0 Å². The number of ether oxygens (including phenoxy) is 1. The molecule has 0 aliphatic carbocycles. The van der Waals surface area contributed by atoms with E-state index in [4.69, 9.17) is 20.8 Å². The molecule has 0 amide bonds. The van der Waals surface area contributed by atoms with Crippen LogP contribution in [0.3, 0.4) is 0 Å². The lowest BCUT2D eigenvalue weighted by atomic mass is 10.1. The lowest BCUT2D eigenvalue weighted by molar-refractivity contribution is 0.183. The van der Waals surface area contributed by atoms with Crippen LogP contribution in [0, 0.1) is 5.82 Å². The summed E-state index contributed by atoms with van der Waals surface area (Å²) in [6, 6.07) is 3.01. The molecule has 0 saturated carbocycles. The molecule has 3 nitrogen and oxygen atoms in total. The first-order valence-corrected chi connectivity index (χ1v) is 6.52. The van der Waals surface area contributed by atoms with Crippen LogP contribution < -0.4 is 5.32 Å². The van der Waals surface area contributed by atoms with Crippen LogP contribution in [0.1, 0.15) is 25.2 Å². The summed E-state index contributed by atoms with van der Waals surface area (Å²) in [5.41, 5.74) is 1.35. The molecule has 0 spiro atoms. The Morgan fingerprint density at radius 1 is 1.42 bits per heavy atom. The highest BCUT2D eigenvalue weighted by Gasteiger charge is 2.17. The van der Waals surface area contributed by atoms with Gasteiger partial charge in [0.05, 0.1) is 18.2 Å². The Bertz CT molecular complexity index is 580. The van der Waals surface area contributed by atoms with Crippen molar-refractivity contribution in [1.82, 2.24) is 5.32 Å². The molecule has 1 aromatic heterocycles. The largest absolute Gasteiger partial charge is 0.458 e. The molecule has 1 N–H and O–H groups in total. The maximum absolute atomic E-state index is 13.5. The first kappa shape index (κ1) is 14.3. The second-order valence-corrected chi connectivity index (χ2v) is 5.14. The number of rotatable bonds is 5. The number of methoxy groups -OCH3 is 1. The van der Waals surface area contributed by atoms with Gasteiger partial charge in [0.2, 0.25) is 0 Å². The number of hydrogen-bond acceptors (Lipinski definition) is 3. The summed E-state index contributed by atoms with van der Waals surface area (Å²) in [5.74, 6) is 0.358. The quantitative estimate of drug-likeness (QED) is 0.905. The molecule has 2 rings (SSSR count). The number of benzene rings is 1. The van der Waals surface area contributed by atoms with Crippen LogP contribution in [0.15, 0.2) is 16.5 Å². The van der Waals surface area contributed by atoms with Crippen LogP contribution in [0.4, 0.5) is 4.39 Å². The molecule has 0 fully saturated rings. The highest BCUT2D eigenvalue weighted by molar-refractivity contribution is 6.34. The van der Waals surface area contributed by atoms with Gasteiger partial charge in [-0.15, -0.1) is 0 Å². The molecule has 0 saturated heterocycles. The maximum Gasteiger partial charge on any atom is 0.153 e. The molecule has 0 radical (unpaired) electrons. The van der Waals surface area contributed by atoms with Gasteiger partial charge in [-0.2, -0.15) is 0 Å². The van der Waals surface area contributed by atoms with Gasteiger partial charge < -0.3 is 14.5 Å². The monoisotopic (exact) mass is 285 g/mol. The van der Waals surface area contributed by atoms with E-state index in [0.717, 1.165) is 11.3 Å². The van der Waals surface area contributed by atoms with E-state index < -0.39 is 0 Å². The minimum atomic E-state index is -0.376. The Morgan fingerprint density at radius 3 is 2.79 bits per heavy atom. The van der Waals surface area contributed by atoms with Crippen molar-refractivity contribution in [2.24, 2.45) is 0 Å². The molecular weight excluding hydrogens is 269 g/mol. The van der Waals surface area contributed by atoms with Crippen molar-refractivity contribution in [3.05, 3.63) is 34.3 Å². The zero-order valence-corrected chi connectivity index (χ0v) is 12.0. The van der Waals surface area contributed by atoms with E-state index in [0.29, 0.717) is 30.2 Å². The lowest BCUT2D eigenvalue weighted by Crippen LogP contribution is -2.22. The second-order valence-electron chi connectivity index (χ2n) is 4.74. The van der Waals surface area contributed by atoms with Gasteiger partial charge in [-0.3, -0.25) is 0 Å². The van der Waals surface area contributed by atoms with Crippen LogP contribution in [0.25, 0.3) is 11.0 Å². The predicted molar refractivity (Wildman–Crippen MR) is 73.9 cm³/mol. The smallest absolute Gasteiger partial charge is 0.153 e. The summed E-state index contributed by atoms with van der Waals surface area (Å²) < 4.78 is 24.4. The number of nitrogens with one attached hydrogen (secondary N) is 1. The molecule has 1 aromatic carbocycles. The van der Waals surface area contributed by atoms with Crippen LogP contribution in [0.2, 0.25) is 5.02 Å². The summed E-state index contributed by atoms with van der Waals surface area (Å²) in [6.45, 7) is 5.02. The fraction of sp³-hybridized carbons (Fsp3) is 0.429. The van der Waals surface area contributed by atoms with Crippen molar-refractivity contribution >= 4 is 22.6 Å². The minimum Gasteiger partial charge on any atom is -0.458 e. The second kappa shape index (κ2) is 5.90. The van der Waals surface area contributed by atoms with E-state index in [-0.39, 0.29) is 10.8 Å². The first-order chi connectivity index (χ1) is 9.02. The zero-order chi connectivity index (χ0) is 14.0. The molecule has 0 aliphatic rings. The van der Waals surface area contributed by atoms with E-state index in [9.17, 15) is 4.39 Å². The van der Waals surface area contributed by atoms with Gasteiger partial charge in [0, 0.05) is 24.1 Å². The predicted octanol–water partition coefficient (Wildman–Crippen LogP) is 3.87. The van der Waals surface area contributed by atoms with Gasteiger partial charge in [0.15, 0.2) is 5.58 Å². The molecule has 0 unspecified atom stereocenters. The molecule has 0 bridgehead atoms. The molecule has 104 valence electrons. The Labute approximate surface area is 116 Å². The molecule has 2 aromatic rings. The van der Waals surface area contributed by atoms with Crippen molar-refractivity contribution in [3.63, 3.8) is 0 Å². The van der Waals surface area contributed by atoms with Crippen molar-refractivity contribution in [2.45, 2.75) is 33.0 Å². The number of furan rings is 1. The fourth-order valence-corrected chi connectivity index (χ4v) is 2.21. The van der Waals surface area contributed by atoms with Crippen molar-refractivity contribution < 1.29 is 13.5 Å². The molecule has 19 heavy (non-hydrogen) atoms. The Kier molecular flexibility index (Phi) is 4.45. The van der Waals surface area contributed by atoms with Crippen LogP contribution in [-0.4, -0.2) is 13.2 Å². The standard InChI is InChI=1S/C14H17ClFNO2/c1-8(2)17-6-13-11(7-18-3)10-4-9(16)5-12(15)14(10)19-13/h4-5,8,17H,6-7H2,1-3H3. The van der Waals surface area contributed by atoms with E-state index in [1.54, 1.807) is 7.11 Å². The van der Waals surface area contributed by atoms with Gasteiger partial charge in [0.25, 0.3) is 0 Å². The number of halogens is 2. The van der Waals surface area contributed by atoms with Gasteiger partial charge in [-0.25, -0.2) is 4.39 Å². The topological polar surface area (TPSA) is 34.4 Å². The van der Waals surface area contributed by atoms with Gasteiger partial charge >= 0.3 is 0 Å². The maximum atomic E-state index is 13.5. The summed E-state index contributed by atoms with van der Waals surface area (Å²) in [6.07, 6.45) is 0. The highest BCUT2D eigenvalue weighted by Crippen LogP contribution is 2.32. The normalized spacial score (nSPS) is 11.7. The molecule has 0 atom stereocenters. The fourth-order valence-electron chi connectivity index (χ4n) is 1.97. The van der Waals surface area contributed by atoms with E-state index in [2.05, 4.69) is 5.32 Å². The Morgan fingerprint density at radius 2 is 2.16 bits per heavy atom. The van der Waals surface area contributed by atoms with E-state index in [1.165, 1.54) is 12.1 Å². The first-order valence-electron chi connectivity index (χ1n) is 6.14. The summed E-state index contributed by atoms with van der Waals surface area (Å²) >= 11 is 6.02. The third kappa shape index (κ3) is 3.08. The third-order valence-electron chi connectivity index (χ3n) is 2.85.